The summed E-state index contributed by atoms with van der Waals surface area (Å²) in [6.45, 7) is 2.21. The number of hydrogen-bond acceptors (Lipinski definition) is 0. The average Bonchev–Trinajstić information content (AvgIpc) is 2.66. The van der Waals surface area contributed by atoms with Crippen LogP contribution in [-0.4, -0.2) is 8.07 Å². The lowest BCUT2D eigenvalue weighted by molar-refractivity contribution is 0.381. The van der Waals surface area contributed by atoms with Gasteiger partial charge in [0.1, 0.15) is 8.07 Å². The Labute approximate surface area is 147 Å². The van der Waals surface area contributed by atoms with Gasteiger partial charge in [-0.2, -0.15) is 0 Å². The Morgan fingerprint density at radius 2 is 0.593 bits per heavy atom. The first-order valence-electron chi connectivity index (χ1n) is 7.51. The van der Waals surface area contributed by atoms with Crippen LogP contribution >= 0.6 is 0 Å². The average molecular weight is 420 g/mol. The molecule has 0 bridgehead atoms. The molecule has 0 saturated carbocycles. The van der Waals surface area contributed by atoms with Crippen molar-refractivity contribution in [1.82, 2.24) is 0 Å². The molecule has 0 aliphatic carbocycles. The second-order valence-electron chi connectivity index (χ2n) is 5.68. The van der Waals surface area contributed by atoms with E-state index in [0.29, 0.717) is 0 Å². The van der Waals surface area contributed by atoms with Gasteiger partial charge in [0.05, 0.1) is 0 Å². The fraction of sp³-hybridized carbons (Fsp3) is 0.250. The Bertz CT molecular complexity index is 791. The monoisotopic (exact) mass is 420 g/mol. The summed E-state index contributed by atoms with van der Waals surface area (Å²) >= 11 is 0. The fourth-order valence-electron chi connectivity index (χ4n) is 3.13. The van der Waals surface area contributed by atoms with Crippen LogP contribution in [0.25, 0.3) is 0 Å². The molecule has 148 valence electrons. The highest BCUT2D eigenvalue weighted by Crippen LogP contribution is 2.28. The van der Waals surface area contributed by atoms with Gasteiger partial charge in [0.25, 0.3) is 0 Å². The zero-order valence-corrected chi connectivity index (χ0v) is 14.7. The lowest BCUT2D eigenvalue weighted by Gasteiger charge is -2.32. The molecule has 2 rings (SSSR count). The molecule has 0 atom stereocenters. The van der Waals surface area contributed by atoms with Gasteiger partial charge < -0.3 is 0 Å². The molecule has 0 N–H and O–H groups in total. The Balaban J connectivity index is 3.09. The van der Waals surface area contributed by atoms with E-state index in [4.69, 9.17) is 0 Å². The van der Waals surface area contributed by atoms with Gasteiger partial charge in [-0.25, -0.2) is 43.9 Å². The molecule has 0 aliphatic rings. The summed E-state index contributed by atoms with van der Waals surface area (Å²) in [4.78, 5) is 0. The third kappa shape index (κ3) is 2.82. The van der Waals surface area contributed by atoms with Crippen molar-refractivity contribution in [1.29, 1.82) is 0 Å². The van der Waals surface area contributed by atoms with Gasteiger partial charge in [0.2, 0.25) is 11.6 Å². The van der Waals surface area contributed by atoms with Crippen LogP contribution in [0.5, 0.6) is 0 Å². The predicted octanol–water partition coefficient (Wildman–Crippen LogP) is 4.68. The second kappa shape index (κ2) is 7.17. The van der Waals surface area contributed by atoms with Crippen molar-refractivity contribution in [3.8, 4) is 0 Å². The highest BCUT2D eigenvalue weighted by molar-refractivity contribution is 7.02. The van der Waals surface area contributed by atoms with Gasteiger partial charge in [-0.05, 0) is 0 Å². The first-order chi connectivity index (χ1) is 12.5. The van der Waals surface area contributed by atoms with Crippen LogP contribution in [0.3, 0.4) is 0 Å². The maximum absolute atomic E-state index is 14.3. The molecular weight excluding hydrogens is 410 g/mol. The predicted molar refractivity (Wildman–Crippen MR) is 78.4 cm³/mol. The second-order valence-corrected chi connectivity index (χ2v) is 10.3. The van der Waals surface area contributed by atoms with Crippen molar-refractivity contribution in [2.75, 3.05) is 0 Å². The molecule has 0 aromatic heterocycles. The zero-order chi connectivity index (χ0) is 20.8. The quantitative estimate of drug-likeness (QED) is 0.292. The number of halogens is 10. The van der Waals surface area contributed by atoms with Crippen molar-refractivity contribution < 1.29 is 43.9 Å². The topological polar surface area (TPSA) is 0 Å². The largest absolute Gasteiger partial charge is 0.204 e. The molecule has 0 saturated heterocycles. The summed E-state index contributed by atoms with van der Waals surface area (Å²) in [5.74, 6) is -23.9. The van der Waals surface area contributed by atoms with E-state index >= 15 is 0 Å². The van der Waals surface area contributed by atoms with Gasteiger partial charge in [-0.3, -0.25) is 0 Å². The van der Waals surface area contributed by atoms with Crippen LogP contribution in [0.1, 0.15) is 13.8 Å². The minimum Gasteiger partial charge on any atom is -0.204 e. The summed E-state index contributed by atoms with van der Waals surface area (Å²) in [6.07, 6.45) is 0. The van der Waals surface area contributed by atoms with Crippen LogP contribution < -0.4 is 10.4 Å². The molecule has 0 amide bonds. The van der Waals surface area contributed by atoms with Gasteiger partial charge in [0, 0.05) is 10.4 Å². The van der Waals surface area contributed by atoms with Crippen molar-refractivity contribution in [2.45, 2.75) is 25.9 Å². The van der Waals surface area contributed by atoms with Crippen molar-refractivity contribution in [2.24, 2.45) is 0 Å². The fourth-order valence-corrected chi connectivity index (χ4v) is 7.42. The van der Waals surface area contributed by atoms with Gasteiger partial charge in [0.15, 0.2) is 46.5 Å². The van der Waals surface area contributed by atoms with Gasteiger partial charge in [-0.15, -0.1) is 0 Å². The van der Waals surface area contributed by atoms with Gasteiger partial charge in [-0.1, -0.05) is 25.9 Å². The Morgan fingerprint density at radius 3 is 0.778 bits per heavy atom. The summed E-state index contributed by atoms with van der Waals surface area (Å²) in [5, 5.41) is -3.07. The van der Waals surface area contributed by atoms with Crippen LogP contribution in [0.4, 0.5) is 43.9 Å². The first kappa shape index (κ1) is 21.3. The van der Waals surface area contributed by atoms with Crippen molar-refractivity contribution >= 4 is 18.4 Å². The van der Waals surface area contributed by atoms with Crippen molar-refractivity contribution in [3.63, 3.8) is 0 Å². The van der Waals surface area contributed by atoms with E-state index in [9.17, 15) is 43.9 Å². The van der Waals surface area contributed by atoms with E-state index < -0.39 is 88.7 Å². The Kier molecular flexibility index (Phi) is 5.65. The molecule has 11 heteroatoms. The molecule has 27 heavy (non-hydrogen) atoms. The van der Waals surface area contributed by atoms with Gasteiger partial charge >= 0.3 is 0 Å². The molecule has 0 unspecified atom stereocenters. The maximum Gasteiger partial charge on any atom is 0.200 e. The Morgan fingerprint density at radius 1 is 0.407 bits per heavy atom. The highest BCUT2D eigenvalue weighted by atomic mass is 28.3. The van der Waals surface area contributed by atoms with E-state index in [1.807, 2.05) is 0 Å². The van der Waals surface area contributed by atoms with E-state index in [1.54, 1.807) is 0 Å². The molecule has 2 aromatic rings. The number of rotatable bonds is 4. The van der Waals surface area contributed by atoms with Crippen LogP contribution in [0, 0.1) is 58.2 Å². The zero-order valence-electron chi connectivity index (χ0n) is 13.7. The molecule has 0 radical (unpaired) electrons. The number of benzene rings is 2. The summed E-state index contributed by atoms with van der Waals surface area (Å²) < 4.78 is 138. The standard InChI is InChI=1S/C16H10F10Si/c1-3-27(4-2,15-11(23)7(19)5(17)8(20)12(15)24)16-13(25)9(21)6(18)10(22)14(16)26/h3-4H2,1-2H3. The van der Waals surface area contributed by atoms with Crippen LogP contribution in [-0.2, 0) is 0 Å². The molecule has 0 fully saturated rings. The normalized spacial score (nSPS) is 12.0. The molecule has 0 heterocycles. The number of hydrogen-bond donors (Lipinski definition) is 0. The maximum atomic E-state index is 14.3. The third-order valence-electron chi connectivity index (χ3n) is 4.58. The lowest BCUT2D eigenvalue weighted by Crippen LogP contribution is -2.63. The molecule has 2 aromatic carbocycles. The molecular formula is C16H10F10Si. The van der Waals surface area contributed by atoms with Crippen LogP contribution in [0.15, 0.2) is 0 Å². The molecule has 0 spiro atoms. The minimum absolute atomic E-state index is 0.597. The summed E-state index contributed by atoms with van der Waals surface area (Å²) in [5.41, 5.74) is 0. The minimum atomic E-state index is -4.64. The summed E-state index contributed by atoms with van der Waals surface area (Å²) in [6, 6.07) is -1.19. The summed E-state index contributed by atoms with van der Waals surface area (Å²) in [7, 11) is -4.64. The highest BCUT2D eigenvalue weighted by Gasteiger charge is 2.47. The lowest BCUT2D eigenvalue weighted by atomic mass is 10.3. The SMILES string of the molecule is CC[Si](CC)(c1c(F)c(F)c(F)c(F)c1F)c1c(F)c(F)c(F)c(F)c1F. The molecule has 0 nitrogen and oxygen atoms in total. The van der Waals surface area contributed by atoms with Crippen LogP contribution in [0.2, 0.25) is 12.1 Å². The van der Waals surface area contributed by atoms with Crippen molar-refractivity contribution in [3.05, 3.63) is 58.2 Å². The smallest absolute Gasteiger partial charge is 0.200 e. The van der Waals surface area contributed by atoms with E-state index in [0.717, 1.165) is 13.8 Å². The van der Waals surface area contributed by atoms with E-state index in [2.05, 4.69) is 0 Å². The first-order valence-corrected chi connectivity index (χ1v) is 9.93. The Hall–Kier alpha value is -2.04. The third-order valence-corrected chi connectivity index (χ3v) is 9.79. The van der Waals surface area contributed by atoms with E-state index in [1.165, 1.54) is 0 Å². The molecule has 0 aliphatic heterocycles. The van der Waals surface area contributed by atoms with E-state index in [-0.39, 0.29) is 0 Å².